The average Bonchev–Trinajstić information content (AvgIpc) is 2.73. The fraction of sp³-hybridized carbons (Fsp3) is 0.235. The van der Waals surface area contributed by atoms with Gasteiger partial charge in [-0.15, -0.1) is 0 Å². The number of nitrogens with one attached hydrogen (secondary N) is 1. The molecule has 0 aliphatic heterocycles. The second-order valence-electron chi connectivity index (χ2n) is 5.32. The van der Waals surface area contributed by atoms with Crippen molar-refractivity contribution in [1.82, 2.24) is 9.78 Å². The SMILES string of the molecule is Cc1[nH]n(C(C)c2ccc3ccccc3c2)c(=O)c1C. The molecule has 2 aromatic carbocycles. The number of rotatable bonds is 2. The van der Waals surface area contributed by atoms with Crippen LogP contribution in [0.5, 0.6) is 0 Å². The Morgan fingerprint density at radius 2 is 1.75 bits per heavy atom. The van der Waals surface area contributed by atoms with Crippen molar-refractivity contribution in [3.8, 4) is 0 Å². The summed E-state index contributed by atoms with van der Waals surface area (Å²) in [7, 11) is 0. The third-order valence-electron chi connectivity index (χ3n) is 4.03. The predicted molar refractivity (Wildman–Crippen MR) is 82.3 cm³/mol. The van der Waals surface area contributed by atoms with Crippen LogP contribution in [0, 0.1) is 13.8 Å². The summed E-state index contributed by atoms with van der Waals surface area (Å²) in [6.07, 6.45) is 0. The van der Waals surface area contributed by atoms with Crippen molar-refractivity contribution in [3.05, 3.63) is 69.6 Å². The third-order valence-corrected chi connectivity index (χ3v) is 4.03. The third kappa shape index (κ3) is 1.95. The molecular formula is C17H18N2O. The summed E-state index contributed by atoms with van der Waals surface area (Å²) in [6.45, 7) is 5.83. The van der Waals surface area contributed by atoms with E-state index in [1.54, 1.807) is 4.68 Å². The van der Waals surface area contributed by atoms with Gasteiger partial charge in [0.15, 0.2) is 0 Å². The zero-order valence-corrected chi connectivity index (χ0v) is 12.0. The molecule has 1 atom stereocenters. The highest BCUT2D eigenvalue weighted by atomic mass is 16.1. The Balaban J connectivity index is 2.10. The zero-order chi connectivity index (χ0) is 14.3. The average molecular weight is 266 g/mol. The van der Waals surface area contributed by atoms with Crippen LogP contribution < -0.4 is 5.56 Å². The minimum atomic E-state index is -0.000457. The van der Waals surface area contributed by atoms with Gasteiger partial charge in [-0.25, -0.2) is 4.68 Å². The summed E-state index contributed by atoms with van der Waals surface area (Å²) in [5.41, 5.74) is 2.91. The second kappa shape index (κ2) is 4.67. The second-order valence-corrected chi connectivity index (χ2v) is 5.32. The molecule has 20 heavy (non-hydrogen) atoms. The Kier molecular flexibility index (Phi) is 2.97. The lowest BCUT2D eigenvalue weighted by molar-refractivity contribution is 0.544. The lowest BCUT2D eigenvalue weighted by Crippen LogP contribution is -2.22. The molecule has 1 aromatic heterocycles. The molecule has 102 valence electrons. The van der Waals surface area contributed by atoms with Gasteiger partial charge in [-0.05, 0) is 43.2 Å². The number of hydrogen-bond donors (Lipinski definition) is 1. The van der Waals surface area contributed by atoms with Gasteiger partial charge in [0.25, 0.3) is 5.56 Å². The molecule has 0 amide bonds. The Morgan fingerprint density at radius 1 is 1.05 bits per heavy atom. The summed E-state index contributed by atoms with van der Waals surface area (Å²) in [4.78, 5) is 12.2. The van der Waals surface area contributed by atoms with Crippen LogP contribution in [0.1, 0.15) is 29.8 Å². The van der Waals surface area contributed by atoms with Crippen LogP contribution in [0.4, 0.5) is 0 Å². The van der Waals surface area contributed by atoms with E-state index >= 15 is 0 Å². The van der Waals surface area contributed by atoms with E-state index in [1.165, 1.54) is 10.8 Å². The molecule has 3 nitrogen and oxygen atoms in total. The molecule has 0 bridgehead atoms. The Hall–Kier alpha value is -2.29. The first-order valence-corrected chi connectivity index (χ1v) is 6.84. The summed E-state index contributed by atoms with van der Waals surface area (Å²) in [6, 6.07) is 14.6. The van der Waals surface area contributed by atoms with E-state index in [9.17, 15) is 4.79 Å². The molecule has 3 rings (SSSR count). The quantitative estimate of drug-likeness (QED) is 0.756. The highest BCUT2D eigenvalue weighted by Gasteiger charge is 2.14. The largest absolute Gasteiger partial charge is 0.299 e. The van der Waals surface area contributed by atoms with Gasteiger partial charge >= 0.3 is 0 Å². The van der Waals surface area contributed by atoms with Crippen molar-refractivity contribution in [2.75, 3.05) is 0 Å². The number of H-pyrrole nitrogens is 1. The number of aromatic amines is 1. The van der Waals surface area contributed by atoms with Crippen LogP contribution in [0.25, 0.3) is 10.8 Å². The number of nitrogens with zero attached hydrogens (tertiary/aromatic N) is 1. The minimum absolute atomic E-state index is 0.000457. The standard InChI is InChI=1S/C17H18N2O/c1-11-12(2)18-19(17(11)20)13(3)15-9-8-14-6-4-5-7-16(14)10-15/h4-10,13,18H,1-3H3. The Morgan fingerprint density at radius 3 is 2.40 bits per heavy atom. The molecule has 0 radical (unpaired) electrons. The molecule has 0 aliphatic rings. The van der Waals surface area contributed by atoms with Crippen molar-refractivity contribution in [3.63, 3.8) is 0 Å². The van der Waals surface area contributed by atoms with Gasteiger partial charge in [-0.2, -0.15) is 0 Å². The van der Waals surface area contributed by atoms with Crippen LogP contribution in [-0.2, 0) is 0 Å². The van der Waals surface area contributed by atoms with Crippen molar-refractivity contribution < 1.29 is 0 Å². The van der Waals surface area contributed by atoms with E-state index in [2.05, 4.69) is 35.4 Å². The van der Waals surface area contributed by atoms with Crippen LogP contribution >= 0.6 is 0 Å². The summed E-state index contributed by atoms with van der Waals surface area (Å²) in [5, 5.41) is 5.58. The predicted octanol–water partition coefficient (Wildman–Crippen LogP) is 3.56. The van der Waals surface area contributed by atoms with Crippen LogP contribution in [0.2, 0.25) is 0 Å². The maximum atomic E-state index is 12.2. The van der Waals surface area contributed by atoms with E-state index in [0.29, 0.717) is 0 Å². The molecule has 1 heterocycles. The maximum absolute atomic E-state index is 12.2. The molecule has 0 fully saturated rings. The molecule has 3 heteroatoms. The topological polar surface area (TPSA) is 37.8 Å². The number of aryl methyl sites for hydroxylation is 1. The molecule has 0 spiro atoms. The smallest absolute Gasteiger partial charge is 0.270 e. The fourth-order valence-electron chi connectivity index (χ4n) is 2.55. The van der Waals surface area contributed by atoms with E-state index < -0.39 is 0 Å². The maximum Gasteiger partial charge on any atom is 0.270 e. The first-order chi connectivity index (χ1) is 9.58. The van der Waals surface area contributed by atoms with E-state index in [1.807, 2.05) is 32.9 Å². The van der Waals surface area contributed by atoms with E-state index in [4.69, 9.17) is 0 Å². The van der Waals surface area contributed by atoms with E-state index in [-0.39, 0.29) is 11.6 Å². The van der Waals surface area contributed by atoms with Gasteiger partial charge in [-0.1, -0.05) is 36.4 Å². The lowest BCUT2D eigenvalue weighted by atomic mass is 10.0. The van der Waals surface area contributed by atoms with Gasteiger partial charge in [-0.3, -0.25) is 9.89 Å². The minimum Gasteiger partial charge on any atom is -0.299 e. The van der Waals surface area contributed by atoms with Gasteiger partial charge in [0, 0.05) is 11.3 Å². The molecule has 1 unspecified atom stereocenters. The normalized spacial score (nSPS) is 12.8. The summed E-state index contributed by atoms with van der Waals surface area (Å²) in [5.74, 6) is 0. The first kappa shape index (κ1) is 12.7. The monoisotopic (exact) mass is 266 g/mol. The molecular weight excluding hydrogens is 248 g/mol. The molecule has 3 aromatic rings. The molecule has 0 saturated carbocycles. The number of fused-ring (bicyclic) bond motifs is 1. The van der Waals surface area contributed by atoms with Crippen molar-refractivity contribution in [2.45, 2.75) is 26.8 Å². The highest BCUT2D eigenvalue weighted by molar-refractivity contribution is 5.83. The number of aromatic nitrogens is 2. The fourth-order valence-corrected chi connectivity index (χ4v) is 2.55. The lowest BCUT2D eigenvalue weighted by Gasteiger charge is -2.13. The number of hydrogen-bond acceptors (Lipinski definition) is 1. The van der Waals surface area contributed by atoms with Gasteiger partial charge in [0.2, 0.25) is 0 Å². The first-order valence-electron chi connectivity index (χ1n) is 6.84. The van der Waals surface area contributed by atoms with Crippen molar-refractivity contribution in [2.24, 2.45) is 0 Å². The van der Waals surface area contributed by atoms with Crippen LogP contribution in [-0.4, -0.2) is 9.78 Å². The molecule has 1 N–H and O–H groups in total. The summed E-state index contributed by atoms with van der Waals surface area (Å²) >= 11 is 0. The van der Waals surface area contributed by atoms with E-state index in [0.717, 1.165) is 16.8 Å². The molecule has 0 saturated heterocycles. The highest BCUT2D eigenvalue weighted by Crippen LogP contribution is 2.22. The van der Waals surface area contributed by atoms with Gasteiger partial charge < -0.3 is 0 Å². The van der Waals surface area contributed by atoms with Crippen molar-refractivity contribution >= 4 is 10.8 Å². The van der Waals surface area contributed by atoms with Gasteiger partial charge in [0.1, 0.15) is 0 Å². The van der Waals surface area contributed by atoms with Crippen LogP contribution in [0.3, 0.4) is 0 Å². The number of benzene rings is 2. The Labute approximate surface area is 117 Å². The molecule has 0 aliphatic carbocycles. The van der Waals surface area contributed by atoms with Crippen molar-refractivity contribution in [1.29, 1.82) is 0 Å². The zero-order valence-electron chi connectivity index (χ0n) is 12.0. The Bertz CT molecular complexity index is 826. The van der Waals surface area contributed by atoms with Gasteiger partial charge in [0.05, 0.1) is 6.04 Å². The van der Waals surface area contributed by atoms with Crippen LogP contribution in [0.15, 0.2) is 47.3 Å². The summed E-state index contributed by atoms with van der Waals surface area (Å²) < 4.78 is 1.70.